The van der Waals surface area contributed by atoms with Crippen LogP contribution >= 0.6 is 0 Å². The molecule has 5 nitrogen and oxygen atoms in total. The number of nitriles is 1. The average Bonchev–Trinajstić information content (AvgIpc) is 3.33. The Morgan fingerprint density at radius 3 is 2.79 bits per heavy atom. The summed E-state index contributed by atoms with van der Waals surface area (Å²) < 4.78 is 15.9. The fraction of sp³-hybridized carbons (Fsp3) is 0.407. The second-order valence-corrected chi connectivity index (χ2v) is 9.37. The molecule has 0 aliphatic carbocycles. The molecule has 1 atom stereocenters. The third kappa shape index (κ3) is 4.14. The molecule has 3 heterocycles. The molecule has 1 fully saturated rings. The van der Waals surface area contributed by atoms with Crippen LogP contribution in [0.4, 0.5) is 10.1 Å². The maximum absolute atomic E-state index is 13.8. The van der Waals surface area contributed by atoms with Crippen LogP contribution in [0.1, 0.15) is 54.5 Å². The van der Waals surface area contributed by atoms with Gasteiger partial charge in [0.2, 0.25) is 0 Å². The van der Waals surface area contributed by atoms with Crippen LogP contribution in [0.15, 0.2) is 42.7 Å². The quantitative estimate of drug-likeness (QED) is 0.627. The Bertz CT molecular complexity index is 1200. The molecule has 6 heteroatoms. The molecule has 0 radical (unpaired) electrons. The van der Waals surface area contributed by atoms with E-state index in [9.17, 15) is 9.65 Å². The summed E-state index contributed by atoms with van der Waals surface area (Å²) >= 11 is 0. The highest BCUT2D eigenvalue weighted by Gasteiger charge is 2.25. The molecule has 0 bridgehead atoms. The van der Waals surface area contributed by atoms with Crippen molar-refractivity contribution in [1.29, 1.82) is 5.26 Å². The molecular formula is C27H30FN5. The number of nitrogens with one attached hydrogen (secondary N) is 1. The van der Waals surface area contributed by atoms with E-state index in [0.717, 1.165) is 55.5 Å². The minimum absolute atomic E-state index is 0.373. The molecule has 2 aliphatic rings. The Hall–Kier alpha value is -3.17. The number of nitrogens with zero attached hydrogens (tertiary/aromatic N) is 4. The van der Waals surface area contributed by atoms with Gasteiger partial charge in [-0.2, -0.15) is 10.4 Å². The zero-order chi connectivity index (χ0) is 22.9. The van der Waals surface area contributed by atoms with E-state index < -0.39 is 0 Å². The van der Waals surface area contributed by atoms with Crippen LogP contribution in [-0.4, -0.2) is 36.0 Å². The Balaban J connectivity index is 1.60. The highest BCUT2D eigenvalue weighted by Crippen LogP contribution is 2.39. The summed E-state index contributed by atoms with van der Waals surface area (Å²) in [6.07, 6.45) is 9.00. The van der Waals surface area contributed by atoms with Gasteiger partial charge in [0.05, 0.1) is 23.9 Å². The van der Waals surface area contributed by atoms with E-state index in [1.807, 2.05) is 6.20 Å². The van der Waals surface area contributed by atoms with E-state index in [0.29, 0.717) is 24.1 Å². The maximum atomic E-state index is 13.8. The topological polar surface area (TPSA) is 56.9 Å². The molecule has 2 aromatic carbocycles. The summed E-state index contributed by atoms with van der Waals surface area (Å²) in [6, 6.07) is 12.1. The van der Waals surface area contributed by atoms with E-state index in [2.05, 4.69) is 53.3 Å². The Labute approximate surface area is 194 Å². The van der Waals surface area contributed by atoms with Gasteiger partial charge in [0, 0.05) is 30.5 Å². The number of hydrogen-bond acceptors (Lipinski definition) is 4. The summed E-state index contributed by atoms with van der Waals surface area (Å²) in [5.74, 6) is -0.373. The molecule has 33 heavy (non-hydrogen) atoms. The van der Waals surface area contributed by atoms with Crippen LogP contribution in [0.25, 0.3) is 11.1 Å². The summed E-state index contributed by atoms with van der Waals surface area (Å²) in [5, 5.41) is 17.8. The SMILES string of the molecule is CC1CCc2c(ccc(-c3cnn(C4CCNCC4)c3)c2Cc2ccc(F)cc2C#N)N1C. The van der Waals surface area contributed by atoms with Gasteiger partial charge >= 0.3 is 0 Å². The lowest BCUT2D eigenvalue weighted by molar-refractivity contribution is 0.343. The van der Waals surface area contributed by atoms with E-state index in [4.69, 9.17) is 5.10 Å². The molecule has 5 rings (SSSR count). The number of benzene rings is 2. The van der Waals surface area contributed by atoms with Crippen LogP contribution in [0.2, 0.25) is 0 Å². The molecule has 1 saturated heterocycles. The molecule has 3 aromatic rings. The summed E-state index contributed by atoms with van der Waals surface area (Å²) in [6.45, 7) is 4.30. The monoisotopic (exact) mass is 443 g/mol. The van der Waals surface area contributed by atoms with Crippen molar-refractivity contribution in [1.82, 2.24) is 15.1 Å². The number of halogens is 1. The lowest BCUT2D eigenvalue weighted by Gasteiger charge is -2.35. The Morgan fingerprint density at radius 2 is 2.00 bits per heavy atom. The highest BCUT2D eigenvalue weighted by molar-refractivity contribution is 5.75. The van der Waals surface area contributed by atoms with Gasteiger partial charge in [-0.05, 0) is 92.6 Å². The van der Waals surface area contributed by atoms with Crippen LogP contribution in [0.5, 0.6) is 0 Å². The van der Waals surface area contributed by atoms with Crippen molar-refractivity contribution in [3.63, 3.8) is 0 Å². The van der Waals surface area contributed by atoms with Gasteiger partial charge in [0.15, 0.2) is 0 Å². The standard InChI is InChI=1S/C27H30FN5/c1-18-3-6-25-26(14-19-4-5-22(28)13-20(19)15-29)24(7-8-27(25)32(18)2)21-16-31-33(17-21)23-9-11-30-12-10-23/h4-5,7-8,13,16-18,23,30H,3,6,9-12,14H2,1-2H3. The van der Waals surface area contributed by atoms with E-state index in [1.165, 1.54) is 28.9 Å². The molecule has 0 amide bonds. The minimum atomic E-state index is -0.373. The number of hydrogen-bond donors (Lipinski definition) is 1. The molecule has 0 spiro atoms. The fourth-order valence-corrected chi connectivity index (χ4v) is 5.29. The largest absolute Gasteiger partial charge is 0.372 e. The van der Waals surface area contributed by atoms with Crippen LogP contribution in [-0.2, 0) is 12.8 Å². The molecule has 1 unspecified atom stereocenters. The number of aromatic nitrogens is 2. The first-order chi connectivity index (χ1) is 16.0. The van der Waals surface area contributed by atoms with Gasteiger partial charge in [-0.3, -0.25) is 4.68 Å². The normalized spacial score (nSPS) is 18.7. The van der Waals surface area contributed by atoms with E-state index in [1.54, 1.807) is 6.07 Å². The van der Waals surface area contributed by atoms with Gasteiger partial charge in [-0.25, -0.2) is 4.39 Å². The lowest BCUT2D eigenvalue weighted by atomic mass is 9.85. The number of fused-ring (bicyclic) bond motifs is 1. The molecule has 1 aromatic heterocycles. The van der Waals surface area contributed by atoms with Crippen molar-refractivity contribution in [3.8, 4) is 17.2 Å². The predicted octanol–water partition coefficient (Wildman–Crippen LogP) is 4.85. The van der Waals surface area contributed by atoms with Gasteiger partial charge in [0.1, 0.15) is 5.82 Å². The van der Waals surface area contributed by atoms with Crippen LogP contribution < -0.4 is 10.2 Å². The van der Waals surface area contributed by atoms with Crippen molar-refractivity contribution in [2.24, 2.45) is 0 Å². The van der Waals surface area contributed by atoms with Gasteiger partial charge in [-0.15, -0.1) is 0 Å². The van der Waals surface area contributed by atoms with Crippen molar-refractivity contribution in [2.75, 3.05) is 25.0 Å². The minimum Gasteiger partial charge on any atom is -0.372 e. The predicted molar refractivity (Wildman–Crippen MR) is 129 cm³/mol. The van der Waals surface area contributed by atoms with E-state index >= 15 is 0 Å². The number of piperidine rings is 1. The Morgan fingerprint density at radius 1 is 1.18 bits per heavy atom. The maximum Gasteiger partial charge on any atom is 0.124 e. The molecule has 1 N–H and O–H groups in total. The van der Waals surface area contributed by atoms with Crippen molar-refractivity contribution in [3.05, 3.63) is 70.8 Å². The third-order valence-electron chi connectivity index (χ3n) is 7.41. The van der Waals surface area contributed by atoms with Crippen molar-refractivity contribution < 1.29 is 4.39 Å². The molecule has 0 saturated carbocycles. The Kier molecular flexibility index (Phi) is 5.90. The van der Waals surface area contributed by atoms with Crippen molar-refractivity contribution in [2.45, 2.75) is 51.1 Å². The van der Waals surface area contributed by atoms with Gasteiger partial charge in [-0.1, -0.05) is 12.1 Å². The van der Waals surface area contributed by atoms with Gasteiger partial charge < -0.3 is 10.2 Å². The highest BCUT2D eigenvalue weighted by atomic mass is 19.1. The summed E-state index contributed by atoms with van der Waals surface area (Å²) in [7, 11) is 2.15. The average molecular weight is 444 g/mol. The zero-order valence-corrected chi connectivity index (χ0v) is 19.3. The first-order valence-electron chi connectivity index (χ1n) is 11.9. The van der Waals surface area contributed by atoms with Crippen molar-refractivity contribution >= 4 is 5.69 Å². The first-order valence-corrected chi connectivity index (χ1v) is 11.9. The molecule has 170 valence electrons. The second-order valence-electron chi connectivity index (χ2n) is 9.37. The fourth-order valence-electron chi connectivity index (χ4n) is 5.29. The second kappa shape index (κ2) is 8.99. The van der Waals surface area contributed by atoms with Crippen LogP contribution in [0, 0.1) is 17.1 Å². The van der Waals surface area contributed by atoms with E-state index in [-0.39, 0.29) is 5.82 Å². The molecular weight excluding hydrogens is 413 g/mol. The molecule has 2 aliphatic heterocycles. The van der Waals surface area contributed by atoms with Crippen LogP contribution in [0.3, 0.4) is 0 Å². The van der Waals surface area contributed by atoms with Gasteiger partial charge in [0.25, 0.3) is 0 Å². The smallest absolute Gasteiger partial charge is 0.124 e. The third-order valence-corrected chi connectivity index (χ3v) is 7.41. The summed E-state index contributed by atoms with van der Waals surface area (Å²) in [5.41, 5.74) is 7.33. The summed E-state index contributed by atoms with van der Waals surface area (Å²) in [4.78, 5) is 2.35. The number of rotatable bonds is 4. The first kappa shape index (κ1) is 21.7. The number of anilines is 1. The zero-order valence-electron chi connectivity index (χ0n) is 19.3. The lowest BCUT2D eigenvalue weighted by Crippen LogP contribution is -2.34.